The van der Waals surface area contributed by atoms with Crippen LogP contribution in [0.2, 0.25) is 0 Å². The Morgan fingerprint density at radius 1 is 1.29 bits per heavy atom. The van der Waals surface area contributed by atoms with Gasteiger partial charge in [0.1, 0.15) is 5.75 Å². The standard InChI is InChI=1S/C14H23NO2/c1-11(2)7-9-17-13-5-3-4-12(10-13)14(16)6-8-15/h3-5,10-11,14,16H,6-9,15H2,1-2H3. The van der Waals surface area contributed by atoms with E-state index >= 15 is 0 Å². The maximum Gasteiger partial charge on any atom is 0.119 e. The summed E-state index contributed by atoms with van der Waals surface area (Å²) < 4.78 is 5.64. The van der Waals surface area contributed by atoms with Gasteiger partial charge in [-0.3, -0.25) is 0 Å². The zero-order chi connectivity index (χ0) is 12.7. The minimum absolute atomic E-state index is 0.486. The highest BCUT2D eigenvalue weighted by atomic mass is 16.5. The van der Waals surface area contributed by atoms with Crippen LogP contribution in [0.4, 0.5) is 0 Å². The van der Waals surface area contributed by atoms with E-state index in [0.29, 0.717) is 25.5 Å². The van der Waals surface area contributed by atoms with Gasteiger partial charge in [-0.1, -0.05) is 26.0 Å². The third-order valence-electron chi connectivity index (χ3n) is 2.65. The van der Waals surface area contributed by atoms with E-state index in [2.05, 4.69) is 13.8 Å². The maximum absolute atomic E-state index is 9.82. The fraction of sp³-hybridized carbons (Fsp3) is 0.571. The molecule has 1 unspecified atom stereocenters. The number of aliphatic hydroxyl groups is 1. The summed E-state index contributed by atoms with van der Waals surface area (Å²) in [4.78, 5) is 0. The molecule has 1 aromatic rings. The third kappa shape index (κ3) is 5.20. The molecule has 1 aromatic carbocycles. The topological polar surface area (TPSA) is 55.5 Å². The number of hydrogen-bond acceptors (Lipinski definition) is 3. The van der Waals surface area contributed by atoms with Crippen molar-refractivity contribution in [3.63, 3.8) is 0 Å². The van der Waals surface area contributed by atoms with Gasteiger partial charge in [-0.25, -0.2) is 0 Å². The zero-order valence-electron chi connectivity index (χ0n) is 10.7. The number of benzene rings is 1. The Bertz CT molecular complexity index is 326. The van der Waals surface area contributed by atoms with Crippen molar-refractivity contribution < 1.29 is 9.84 Å². The van der Waals surface area contributed by atoms with Crippen molar-refractivity contribution in [1.82, 2.24) is 0 Å². The van der Waals surface area contributed by atoms with Gasteiger partial charge in [-0.05, 0) is 43.0 Å². The van der Waals surface area contributed by atoms with E-state index in [1.165, 1.54) is 0 Å². The van der Waals surface area contributed by atoms with Crippen LogP contribution >= 0.6 is 0 Å². The zero-order valence-corrected chi connectivity index (χ0v) is 10.7. The van der Waals surface area contributed by atoms with Crippen molar-refractivity contribution in [3.8, 4) is 5.75 Å². The first kappa shape index (κ1) is 14.0. The van der Waals surface area contributed by atoms with Gasteiger partial charge in [0, 0.05) is 0 Å². The molecular weight excluding hydrogens is 214 g/mol. The second-order valence-corrected chi connectivity index (χ2v) is 4.70. The van der Waals surface area contributed by atoms with E-state index in [1.807, 2.05) is 24.3 Å². The summed E-state index contributed by atoms with van der Waals surface area (Å²) in [5.41, 5.74) is 6.30. The van der Waals surface area contributed by atoms with Crippen LogP contribution in [-0.4, -0.2) is 18.3 Å². The summed E-state index contributed by atoms with van der Waals surface area (Å²) in [5, 5.41) is 9.82. The predicted molar refractivity (Wildman–Crippen MR) is 70.0 cm³/mol. The molecule has 0 saturated heterocycles. The van der Waals surface area contributed by atoms with Crippen LogP contribution in [0.25, 0.3) is 0 Å². The lowest BCUT2D eigenvalue weighted by molar-refractivity contribution is 0.169. The molecule has 3 N–H and O–H groups in total. The Morgan fingerprint density at radius 3 is 2.71 bits per heavy atom. The molecule has 0 heterocycles. The fourth-order valence-electron chi connectivity index (χ4n) is 1.55. The molecule has 0 aliphatic rings. The van der Waals surface area contributed by atoms with Gasteiger partial charge in [0.05, 0.1) is 12.7 Å². The van der Waals surface area contributed by atoms with Crippen molar-refractivity contribution in [2.24, 2.45) is 11.7 Å². The summed E-state index contributed by atoms with van der Waals surface area (Å²) in [6.07, 6.45) is 1.12. The molecule has 0 bridgehead atoms. The minimum Gasteiger partial charge on any atom is -0.494 e. The average Bonchev–Trinajstić information content (AvgIpc) is 2.29. The van der Waals surface area contributed by atoms with Gasteiger partial charge in [0.15, 0.2) is 0 Å². The average molecular weight is 237 g/mol. The summed E-state index contributed by atoms with van der Waals surface area (Å²) in [7, 11) is 0. The van der Waals surface area contributed by atoms with Gasteiger partial charge in [-0.2, -0.15) is 0 Å². The number of nitrogens with two attached hydrogens (primary N) is 1. The van der Waals surface area contributed by atoms with Crippen molar-refractivity contribution in [2.45, 2.75) is 32.8 Å². The highest BCUT2D eigenvalue weighted by molar-refractivity contribution is 5.29. The molecule has 0 radical (unpaired) electrons. The van der Waals surface area contributed by atoms with E-state index in [4.69, 9.17) is 10.5 Å². The van der Waals surface area contributed by atoms with Gasteiger partial charge >= 0.3 is 0 Å². The monoisotopic (exact) mass is 237 g/mol. The lowest BCUT2D eigenvalue weighted by Gasteiger charge is -2.12. The Labute approximate surface area is 104 Å². The molecule has 0 amide bonds. The highest BCUT2D eigenvalue weighted by Crippen LogP contribution is 2.21. The lowest BCUT2D eigenvalue weighted by atomic mass is 10.1. The van der Waals surface area contributed by atoms with Crippen LogP contribution in [0.3, 0.4) is 0 Å². The molecule has 1 atom stereocenters. The van der Waals surface area contributed by atoms with Gasteiger partial charge < -0.3 is 15.6 Å². The molecule has 0 spiro atoms. The van der Waals surface area contributed by atoms with Crippen LogP contribution in [0.5, 0.6) is 5.75 Å². The first-order valence-electron chi connectivity index (χ1n) is 6.24. The largest absolute Gasteiger partial charge is 0.494 e. The fourth-order valence-corrected chi connectivity index (χ4v) is 1.55. The molecule has 0 aliphatic carbocycles. The van der Waals surface area contributed by atoms with Gasteiger partial charge in [0.2, 0.25) is 0 Å². The van der Waals surface area contributed by atoms with E-state index < -0.39 is 6.10 Å². The lowest BCUT2D eigenvalue weighted by Crippen LogP contribution is -2.07. The first-order chi connectivity index (χ1) is 8.13. The Morgan fingerprint density at radius 2 is 2.06 bits per heavy atom. The number of ether oxygens (including phenoxy) is 1. The molecule has 1 rings (SSSR count). The second-order valence-electron chi connectivity index (χ2n) is 4.70. The van der Waals surface area contributed by atoms with Gasteiger partial charge in [0.25, 0.3) is 0 Å². The normalized spacial score (nSPS) is 12.8. The van der Waals surface area contributed by atoms with Gasteiger partial charge in [-0.15, -0.1) is 0 Å². The first-order valence-corrected chi connectivity index (χ1v) is 6.24. The van der Waals surface area contributed by atoms with E-state index in [9.17, 15) is 5.11 Å². The smallest absolute Gasteiger partial charge is 0.119 e. The quantitative estimate of drug-likeness (QED) is 0.766. The van der Waals surface area contributed by atoms with Crippen LogP contribution in [-0.2, 0) is 0 Å². The molecule has 0 fully saturated rings. The Kier molecular flexibility index (Phi) is 6.01. The summed E-state index contributed by atoms with van der Waals surface area (Å²) in [6, 6.07) is 7.61. The van der Waals surface area contributed by atoms with Crippen LogP contribution < -0.4 is 10.5 Å². The SMILES string of the molecule is CC(C)CCOc1cccc(C(O)CCN)c1. The minimum atomic E-state index is -0.492. The summed E-state index contributed by atoms with van der Waals surface area (Å²) >= 11 is 0. The van der Waals surface area contributed by atoms with Crippen LogP contribution in [0, 0.1) is 5.92 Å². The number of rotatable bonds is 7. The summed E-state index contributed by atoms with van der Waals surface area (Å²) in [5.74, 6) is 1.46. The number of hydrogen-bond donors (Lipinski definition) is 2. The molecule has 3 heteroatoms. The van der Waals surface area contributed by atoms with Crippen molar-refractivity contribution in [2.75, 3.05) is 13.2 Å². The molecule has 0 saturated carbocycles. The molecule has 0 aromatic heterocycles. The second kappa shape index (κ2) is 7.30. The summed E-state index contributed by atoms with van der Waals surface area (Å²) in [6.45, 7) is 5.54. The number of aliphatic hydroxyl groups excluding tert-OH is 1. The van der Waals surface area contributed by atoms with Crippen LogP contribution in [0.15, 0.2) is 24.3 Å². The molecular formula is C14H23NO2. The van der Waals surface area contributed by atoms with E-state index in [-0.39, 0.29) is 0 Å². The van der Waals surface area contributed by atoms with Crippen LogP contribution in [0.1, 0.15) is 38.4 Å². The van der Waals surface area contributed by atoms with Crippen molar-refractivity contribution in [1.29, 1.82) is 0 Å². The Balaban J connectivity index is 2.53. The highest BCUT2D eigenvalue weighted by Gasteiger charge is 2.07. The molecule has 96 valence electrons. The van der Waals surface area contributed by atoms with Crippen molar-refractivity contribution >= 4 is 0 Å². The third-order valence-corrected chi connectivity index (χ3v) is 2.65. The van der Waals surface area contributed by atoms with Crippen molar-refractivity contribution in [3.05, 3.63) is 29.8 Å². The molecule has 0 aliphatic heterocycles. The van der Waals surface area contributed by atoms with E-state index in [1.54, 1.807) is 0 Å². The molecule has 17 heavy (non-hydrogen) atoms. The van der Waals surface area contributed by atoms with E-state index in [0.717, 1.165) is 17.7 Å². The maximum atomic E-state index is 9.82. The Hall–Kier alpha value is -1.06. The predicted octanol–water partition coefficient (Wildman–Crippen LogP) is 2.49. The molecule has 3 nitrogen and oxygen atoms in total.